The van der Waals surface area contributed by atoms with Crippen LogP contribution in [0, 0.1) is 28.5 Å². The van der Waals surface area contributed by atoms with E-state index in [-0.39, 0.29) is 17.1 Å². The molecule has 0 spiro atoms. The van der Waals surface area contributed by atoms with Crippen LogP contribution in [-0.4, -0.2) is 9.55 Å². The molecule has 0 aliphatic carbocycles. The lowest BCUT2D eigenvalue weighted by Gasteiger charge is -2.07. The van der Waals surface area contributed by atoms with Gasteiger partial charge in [0.25, 0.3) is 0 Å². The van der Waals surface area contributed by atoms with Gasteiger partial charge in [-0.05, 0) is 18.2 Å². The molecule has 2 N–H and O–H groups in total. The quantitative estimate of drug-likeness (QED) is 0.744. The van der Waals surface area contributed by atoms with Crippen LogP contribution in [0.4, 0.5) is 10.1 Å². The molecule has 0 saturated heterocycles. The highest BCUT2D eigenvalue weighted by Crippen LogP contribution is 2.21. The molecule has 0 atom stereocenters. The lowest BCUT2D eigenvalue weighted by Crippen LogP contribution is -2.01. The van der Waals surface area contributed by atoms with Crippen molar-refractivity contribution in [1.29, 1.82) is 10.5 Å². The zero-order chi connectivity index (χ0) is 12.4. The van der Waals surface area contributed by atoms with Gasteiger partial charge in [-0.3, -0.25) is 4.57 Å². The van der Waals surface area contributed by atoms with Gasteiger partial charge in [0.1, 0.15) is 24.3 Å². The van der Waals surface area contributed by atoms with E-state index in [4.69, 9.17) is 16.3 Å². The van der Waals surface area contributed by atoms with Crippen LogP contribution in [0.2, 0.25) is 0 Å². The lowest BCUT2D eigenvalue weighted by atomic mass is 10.2. The van der Waals surface area contributed by atoms with Crippen LogP contribution in [0.5, 0.6) is 0 Å². The van der Waals surface area contributed by atoms with Crippen LogP contribution >= 0.6 is 0 Å². The smallest absolute Gasteiger partial charge is 0.177 e. The first kappa shape index (κ1) is 10.7. The van der Waals surface area contributed by atoms with Gasteiger partial charge in [0.2, 0.25) is 0 Å². The average Bonchev–Trinajstić information content (AvgIpc) is 2.71. The van der Waals surface area contributed by atoms with Crippen LogP contribution in [0.1, 0.15) is 11.4 Å². The fourth-order valence-corrected chi connectivity index (χ4v) is 1.46. The molecule has 1 aromatic heterocycles. The van der Waals surface area contributed by atoms with Gasteiger partial charge in [0.15, 0.2) is 11.4 Å². The summed E-state index contributed by atoms with van der Waals surface area (Å²) < 4.78 is 14.2. The van der Waals surface area contributed by atoms with Crippen molar-refractivity contribution in [2.45, 2.75) is 0 Å². The lowest BCUT2D eigenvalue weighted by molar-refractivity contribution is 0.628. The summed E-state index contributed by atoms with van der Waals surface area (Å²) in [5.74, 6) is -0.467. The van der Waals surface area contributed by atoms with Crippen molar-refractivity contribution in [2.24, 2.45) is 0 Å². The van der Waals surface area contributed by atoms with Gasteiger partial charge >= 0.3 is 0 Å². The molecule has 5 nitrogen and oxygen atoms in total. The Labute approximate surface area is 96.1 Å². The molecule has 2 aromatic rings. The Morgan fingerprint density at radius 1 is 1.29 bits per heavy atom. The second-order valence-electron chi connectivity index (χ2n) is 3.24. The maximum atomic E-state index is 12.9. The van der Waals surface area contributed by atoms with Crippen LogP contribution in [-0.2, 0) is 0 Å². The highest BCUT2D eigenvalue weighted by molar-refractivity contribution is 5.60. The standard InChI is InChI=1S/C11H6FN5/c12-7-1-2-10(8(15)3-7)17-6-16-9(4-13)11(17)5-14/h1-3,6H,15H2. The number of nitrogen functional groups attached to an aromatic ring is 1. The van der Waals surface area contributed by atoms with Crippen LogP contribution in [0.3, 0.4) is 0 Å². The van der Waals surface area contributed by atoms with Crippen LogP contribution < -0.4 is 5.73 Å². The minimum atomic E-state index is -0.467. The number of nitrogens with zero attached hydrogens (tertiary/aromatic N) is 4. The zero-order valence-electron chi connectivity index (χ0n) is 8.55. The van der Waals surface area contributed by atoms with Crippen molar-refractivity contribution in [1.82, 2.24) is 9.55 Å². The van der Waals surface area contributed by atoms with Gasteiger partial charge < -0.3 is 5.73 Å². The maximum Gasteiger partial charge on any atom is 0.177 e. The van der Waals surface area contributed by atoms with E-state index < -0.39 is 5.82 Å². The molecule has 6 heteroatoms. The first-order chi connectivity index (χ1) is 8.17. The Kier molecular flexibility index (Phi) is 2.48. The molecular weight excluding hydrogens is 221 g/mol. The summed E-state index contributed by atoms with van der Waals surface area (Å²) in [4.78, 5) is 3.78. The number of hydrogen-bond donors (Lipinski definition) is 1. The van der Waals surface area contributed by atoms with E-state index in [1.807, 2.05) is 6.07 Å². The number of aromatic nitrogens is 2. The number of imidazole rings is 1. The number of halogens is 1. The second kappa shape index (κ2) is 3.95. The van der Waals surface area contributed by atoms with Gasteiger partial charge in [0, 0.05) is 0 Å². The molecule has 2 rings (SSSR count). The van der Waals surface area contributed by atoms with Crippen molar-refractivity contribution < 1.29 is 4.39 Å². The van der Waals surface area contributed by atoms with Gasteiger partial charge in [0.05, 0.1) is 11.4 Å². The molecule has 0 radical (unpaired) electrons. The van der Waals surface area contributed by atoms with E-state index in [0.29, 0.717) is 5.69 Å². The van der Waals surface area contributed by atoms with Crippen LogP contribution in [0.15, 0.2) is 24.5 Å². The molecule has 0 bridgehead atoms. The van der Waals surface area contributed by atoms with Gasteiger partial charge in [-0.2, -0.15) is 10.5 Å². The van der Waals surface area contributed by atoms with E-state index >= 15 is 0 Å². The number of rotatable bonds is 1. The van der Waals surface area contributed by atoms with Crippen molar-refractivity contribution >= 4 is 5.69 Å². The maximum absolute atomic E-state index is 12.9. The monoisotopic (exact) mass is 227 g/mol. The Morgan fingerprint density at radius 3 is 2.65 bits per heavy atom. The third-order valence-corrected chi connectivity index (χ3v) is 2.23. The Morgan fingerprint density at radius 2 is 2.06 bits per heavy atom. The minimum Gasteiger partial charge on any atom is -0.397 e. The summed E-state index contributed by atoms with van der Waals surface area (Å²) in [6, 6.07) is 7.45. The fourth-order valence-electron chi connectivity index (χ4n) is 1.46. The Balaban J connectivity index is 2.66. The fraction of sp³-hybridized carbons (Fsp3) is 0. The SMILES string of the molecule is N#Cc1ncn(-c2ccc(F)cc2N)c1C#N. The van der Waals surface area contributed by atoms with Crippen molar-refractivity contribution in [3.63, 3.8) is 0 Å². The molecule has 1 heterocycles. The second-order valence-corrected chi connectivity index (χ2v) is 3.24. The number of nitrogens with two attached hydrogens (primary N) is 1. The van der Waals surface area contributed by atoms with Crippen molar-refractivity contribution in [3.05, 3.63) is 41.7 Å². The molecule has 0 saturated carbocycles. The predicted molar refractivity (Wildman–Crippen MR) is 57.4 cm³/mol. The summed E-state index contributed by atoms with van der Waals surface area (Å²) in [5, 5.41) is 17.7. The number of nitriles is 2. The molecule has 82 valence electrons. The Hall–Kier alpha value is -2.86. The number of benzene rings is 1. The molecule has 0 amide bonds. The Bertz CT molecular complexity index is 659. The highest BCUT2D eigenvalue weighted by atomic mass is 19.1. The van der Waals surface area contributed by atoms with E-state index in [2.05, 4.69) is 4.98 Å². The normalized spacial score (nSPS) is 9.59. The summed E-state index contributed by atoms with van der Waals surface area (Å²) >= 11 is 0. The van der Waals surface area contributed by atoms with E-state index in [0.717, 1.165) is 6.07 Å². The highest BCUT2D eigenvalue weighted by Gasteiger charge is 2.13. The molecule has 0 fully saturated rings. The summed E-state index contributed by atoms with van der Waals surface area (Å²) in [6.07, 6.45) is 1.31. The summed E-state index contributed by atoms with van der Waals surface area (Å²) in [6.45, 7) is 0. The minimum absolute atomic E-state index is 0.0104. The van der Waals surface area contributed by atoms with Crippen molar-refractivity contribution in [3.8, 4) is 17.8 Å². The van der Waals surface area contributed by atoms with Crippen molar-refractivity contribution in [2.75, 3.05) is 5.73 Å². The predicted octanol–water partition coefficient (Wildman–Crippen LogP) is 1.34. The molecule has 0 aliphatic rings. The van der Waals surface area contributed by atoms with Gasteiger partial charge in [-0.25, -0.2) is 9.37 Å². The van der Waals surface area contributed by atoms with E-state index in [1.54, 1.807) is 6.07 Å². The third kappa shape index (κ3) is 1.68. The van der Waals surface area contributed by atoms with Crippen LogP contribution in [0.25, 0.3) is 5.69 Å². The molecule has 0 aliphatic heterocycles. The summed E-state index contributed by atoms with van der Waals surface area (Å²) in [7, 11) is 0. The largest absolute Gasteiger partial charge is 0.397 e. The molecular formula is C11H6FN5. The number of hydrogen-bond acceptors (Lipinski definition) is 4. The molecule has 0 unspecified atom stereocenters. The first-order valence-electron chi connectivity index (χ1n) is 4.60. The summed E-state index contributed by atoms with van der Waals surface area (Å²) in [5.41, 5.74) is 6.32. The first-order valence-corrected chi connectivity index (χ1v) is 4.60. The molecule has 17 heavy (non-hydrogen) atoms. The van der Waals surface area contributed by atoms with E-state index in [1.165, 1.54) is 23.0 Å². The average molecular weight is 227 g/mol. The molecule has 1 aromatic carbocycles. The van der Waals surface area contributed by atoms with Gasteiger partial charge in [-0.1, -0.05) is 0 Å². The topological polar surface area (TPSA) is 91.4 Å². The zero-order valence-corrected chi connectivity index (χ0v) is 8.55. The van der Waals surface area contributed by atoms with Gasteiger partial charge in [-0.15, -0.1) is 0 Å². The van der Waals surface area contributed by atoms with E-state index in [9.17, 15) is 4.39 Å². The number of anilines is 1. The third-order valence-electron chi connectivity index (χ3n) is 2.23.